The number of hydrogen-bond donors (Lipinski definition) is 0. The summed E-state index contributed by atoms with van der Waals surface area (Å²) in [6.45, 7) is 8.04. The molecule has 0 spiro atoms. The van der Waals surface area contributed by atoms with Crippen LogP contribution in [0.2, 0.25) is 0 Å². The van der Waals surface area contributed by atoms with Crippen LogP contribution >= 0.6 is 0 Å². The van der Waals surface area contributed by atoms with Crippen molar-refractivity contribution in [1.82, 2.24) is 9.80 Å². The lowest BCUT2D eigenvalue weighted by Crippen LogP contribution is -2.55. The van der Waals surface area contributed by atoms with E-state index in [0.29, 0.717) is 32.1 Å². The van der Waals surface area contributed by atoms with Crippen molar-refractivity contribution in [3.8, 4) is 0 Å². The van der Waals surface area contributed by atoms with Crippen LogP contribution < -0.4 is 0 Å². The van der Waals surface area contributed by atoms with Gasteiger partial charge in [0, 0.05) is 25.7 Å². The minimum absolute atomic E-state index is 0.138. The molecule has 2 heterocycles. The molecule has 2 aliphatic heterocycles. The zero-order chi connectivity index (χ0) is 28.3. The molecule has 0 N–H and O–H groups in total. The Hall–Kier alpha value is -2.46. The first-order chi connectivity index (χ1) is 18.5. The van der Waals surface area contributed by atoms with E-state index in [2.05, 4.69) is 4.90 Å². The highest BCUT2D eigenvalue weighted by Crippen LogP contribution is 2.39. The van der Waals surface area contributed by atoms with E-state index in [9.17, 15) is 14.4 Å². The minimum Gasteiger partial charge on any atom is -0.466 e. The molecule has 0 radical (unpaired) electrons. The Morgan fingerprint density at radius 3 is 2.21 bits per heavy atom. The minimum atomic E-state index is -1.02. The van der Waals surface area contributed by atoms with Gasteiger partial charge in [-0.15, -0.1) is 0 Å². The molecule has 3 fully saturated rings. The van der Waals surface area contributed by atoms with Gasteiger partial charge in [0.25, 0.3) is 0 Å². The highest BCUT2D eigenvalue weighted by atomic mass is 19.1. The van der Waals surface area contributed by atoms with Crippen molar-refractivity contribution >= 4 is 18.0 Å². The zero-order valence-corrected chi connectivity index (χ0v) is 23.8. The summed E-state index contributed by atoms with van der Waals surface area (Å²) in [5.74, 6) is -1.56. The monoisotopic (exact) mass is 550 g/mol. The second kappa shape index (κ2) is 12.4. The Bertz CT molecular complexity index is 977. The molecule has 0 aromatic heterocycles. The van der Waals surface area contributed by atoms with Crippen LogP contribution in [-0.4, -0.2) is 98.3 Å². The van der Waals surface area contributed by atoms with Crippen LogP contribution in [0.25, 0.3) is 0 Å². The van der Waals surface area contributed by atoms with E-state index in [1.54, 1.807) is 11.0 Å². The number of hydrogen-bond acceptors (Lipinski definition) is 8. The molecule has 1 saturated carbocycles. The molecule has 1 amide bonds. The first kappa shape index (κ1) is 29.5. The summed E-state index contributed by atoms with van der Waals surface area (Å²) in [4.78, 5) is 40.7. The Kier molecular flexibility index (Phi) is 9.37. The summed E-state index contributed by atoms with van der Waals surface area (Å²) >= 11 is 0. The predicted octanol–water partition coefficient (Wildman–Crippen LogP) is 3.81. The summed E-state index contributed by atoms with van der Waals surface area (Å²) in [6.07, 6.45) is 6.78. The third-order valence-corrected chi connectivity index (χ3v) is 8.35. The fraction of sp³-hybridized carbons (Fsp3) is 0.759. The van der Waals surface area contributed by atoms with E-state index in [-0.39, 0.29) is 47.7 Å². The van der Waals surface area contributed by atoms with Gasteiger partial charge in [-0.05, 0) is 77.7 Å². The van der Waals surface area contributed by atoms with Crippen molar-refractivity contribution < 1.29 is 37.7 Å². The number of ether oxygens (including phenoxy) is 4. The van der Waals surface area contributed by atoms with Gasteiger partial charge in [0.05, 0.1) is 37.6 Å². The molecule has 2 aliphatic carbocycles. The number of rotatable bonds is 6. The van der Waals surface area contributed by atoms with Gasteiger partial charge in [-0.25, -0.2) is 18.8 Å². The molecule has 3 atom stereocenters. The van der Waals surface area contributed by atoms with Gasteiger partial charge in [-0.3, -0.25) is 4.90 Å². The molecule has 10 heteroatoms. The number of halogens is 1. The summed E-state index contributed by atoms with van der Waals surface area (Å²) in [7, 11) is 2.54. The molecule has 39 heavy (non-hydrogen) atoms. The largest absolute Gasteiger partial charge is 0.466 e. The molecule has 9 nitrogen and oxygen atoms in total. The van der Waals surface area contributed by atoms with Crippen LogP contribution in [0.4, 0.5) is 9.18 Å². The number of methoxy groups -OCH3 is 2. The Labute approximate surface area is 230 Å². The van der Waals surface area contributed by atoms with Crippen molar-refractivity contribution in [2.45, 2.75) is 89.3 Å². The Morgan fingerprint density at radius 1 is 0.949 bits per heavy atom. The Balaban J connectivity index is 1.20. The maximum absolute atomic E-state index is 15.4. The topological polar surface area (TPSA) is 94.6 Å². The fourth-order valence-electron chi connectivity index (χ4n) is 6.13. The van der Waals surface area contributed by atoms with E-state index in [1.807, 2.05) is 26.8 Å². The molecule has 0 aromatic carbocycles. The quantitative estimate of drug-likeness (QED) is 0.364. The van der Waals surface area contributed by atoms with E-state index in [0.717, 1.165) is 32.2 Å². The van der Waals surface area contributed by atoms with Crippen molar-refractivity contribution in [3.63, 3.8) is 0 Å². The zero-order valence-electron chi connectivity index (χ0n) is 23.8. The molecule has 1 unspecified atom stereocenters. The first-order valence-electron chi connectivity index (χ1n) is 14.1. The van der Waals surface area contributed by atoms with Crippen LogP contribution in [0.3, 0.4) is 0 Å². The highest BCUT2D eigenvalue weighted by molar-refractivity contribution is 6.02. The van der Waals surface area contributed by atoms with Crippen molar-refractivity contribution in [1.29, 1.82) is 0 Å². The number of allylic oxidation sites excluding steroid dienone is 1. The summed E-state index contributed by atoms with van der Waals surface area (Å²) in [5, 5.41) is 0. The van der Waals surface area contributed by atoms with E-state index in [1.165, 1.54) is 14.2 Å². The fourth-order valence-corrected chi connectivity index (χ4v) is 6.13. The summed E-state index contributed by atoms with van der Waals surface area (Å²) in [6, 6.07) is 0.314. The maximum Gasteiger partial charge on any atom is 0.410 e. The molecular weight excluding hydrogens is 507 g/mol. The van der Waals surface area contributed by atoms with Crippen LogP contribution in [0, 0.1) is 11.8 Å². The number of carbonyl (C=O) groups is 3. The average molecular weight is 551 g/mol. The van der Waals surface area contributed by atoms with E-state index < -0.39 is 23.7 Å². The Morgan fingerprint density at radius 2 is 1.62 bits per heavy atom. The van der Waals surface area contributed by atoms with E-state index >= 15 is 4.39 Å². The smallest absolute Gasteiger partial charge is 0.410 e. The highest BCUT2D eigenvalue weighted by Gasteiger charge is 2.43. The van der Waals surface area contributed by atoms with Gasteiger partial charge in [-0.2, -0.15) is 0 Å². The van der Waals surface area contributed by atoms with Gasteiger partial charge >= 0.3 is 18.0 Å². The normalized spacial score (nSPS) is 30.5. The number of esters is 2. The molecule has 2 saturated heterocycles. The van der Waals surface area contributed by atoms with Crippen molar-refractivity contribution in [2.24, 2.45) is 11.8 Å². The van der Waals surface area contributed by atoms with Crippen molar-refractivity contribution in [3.05, 3.63) is 23.3 Å². The van der Waals surface area contributed by atoms with Crippen LogP contribution in [-0.2, 0) is 28.5 Å². The number of piperidine rings is 2. The van der Waals surface area contributed by atoms with E-state index in [4.69, 9.17) is 18.9 Å². The maximum atomic E-state index is 15.4. The average Bonchev–Trinajstić information content (AvgIpc) is 2.88. The third-order valence-electron chi connectivity index (χ3n) is 8.35. The standard InChI is InChI=1S/C29H43FN2O7/c1-29(2,3)39-28(35)31-11-8-20(9-12-31)38-21-15-19(16-21)32-13-10-22(25(30)17-32)18-6-7-23(26(33)36-4)24(14-18)27(34)37-5/h6-7,18-22,25H,8-17H2,1-5H3/t18?,19?,21?,22-,25-/m1/s1. The molecule has 4 aliphatic rings. The van der Waals surface area contributed by atoms with Gasteiger partial charge in [0.1, 0.15) is 11.8 Å². The second-order valence-electron chi connectivity index (χ2n) is 12.1. The number of likely N-dealkylation sites (tertiary alicyclic amines) is 2. The second-order valence-corrected chi connectivity index (χ2v) is 12.1. The van der Waals surface area contributed by atoms with Gasteiger partial charge < -0.3 is 23.8 Å². The molecule has 4 rings (SSSR count). The lowest BCUT2D eigenvalue weighted by atomic mass is 9.75. The number of amides is 1. The first-order valence-corrected chi connectivity index (χ1v) is 14.1. The number of alkyl halides is 1. The van der Waals surface area contributed by atoms with Crippen LogP contribution in [0.1, 0.15) is 59.3 Å². The molecule has 218 valence electrons. The SMILES string of the molecule is COC(=O)C1=C(C(=O)OC)CC([C@H]2CCN(C3CC(OC4CCN(C(=O)OC(C)(C)C)CC4)C3)C[C@H]2F)C=C1. The summed E-state index contributed by atoms with van der Waals surface area (Å²) in [5.41, 5.74) is -0.0605. The number of nitrogens with zero attached hydrogens (tertiary/aromatic N) is 2. The predicted molar refractivity (Wildman–Crippen MR) is 142 cm³/mol. The van der Waals surface area contributed by atoms with Crippen LogP contribution in [0.5, 0.6) is 0 Å². The molecule has 0 aromatic rings. The third kappa shape index (κ3) is 7.20. The lowest BCUT2D eigenvalue weighted by molar-refractivity contribution is -0.139. The molecular formula is C29H43FN2O7. The molecule has 0 bridgehead atoms. The van der Waals surface area contributed by atoms with Gasteiger partial charge in [0.2, 0.25) is 0 Å². The van der Waals surface area contributed by atoms with Gasteiger partial charge in [-0.1, -0.05) is 12.2 Å². The van der Waals surface area contributed by atoms with Crippen LogP contribution in [0.15, 0.2) is 23.3 Å². The number of carbonyl (C=O) groups excluding carboxylic acids is 3. The lowest BCUT2D eigenvalue weighted by Gasteiger charge is -2.48. The van der Waals surface area contributed by atoms with Gasteiger partial charge in [0.15, 0.2) is 0 Å². The van der Waals surface area contributed by atoms with Crippen molar-refractivity contribution in [2.75, 3.05) is 40.4 Å². The summed E-state index contributed by atoms with van der Waals surface area (Å²) < 4.78 is 36.9.